The number of nitrogens with zero attached hydrogens (tertiary/aromatic N) is 2. The summed E-state index contributed by atoms with van der Waals surface area (Å²) in [5, 5.41) is 1.08. The zero-order chi connectivity index (χ0) is 22.6. The van der Waals surface area contributed by atoms with Crippen molar-refractivity contribution in [2.24, 2.45) is 7.05 Å². The third-order valence-corrected chi connectivity index (χ3v) is 6.11. The van der Waals surface area contributed by atoms with Crippen molar-refractivity contribution in [3.05, 3.63) is 132 Å². The molecule has 1 heterocycles. The number of fused-ring (bicyclic) bond motifs is 1. The molecule has 0 saturated heterocycles. The van der Waals surface area contributed by atoms with Gasteiger partial charge < -0.3 is 9.47 Å². The Kier molecular flexibility index (Phi) is 5.77. The maximum Gasteiger partial charge on any atom is 0.271 e. The molecule has 1 amide bonds. The number of carbonyl (C=O) groups excluding carboxylic acids is 1. The first-order valence-electron chi connectivity index (χ1n) is 11.2. The summed E-state index contributed by atoms with van der Waals surface area (Å²) in [5.41, 5.74) is 6.36. The molecular weight excluding hydrogens is 404 g/mol. The maximum absolute atomic E-state index is 13.7. The van der Waals surface area contributed by atoms with Gasteiger partial charge in [-0.3, -0.25) is 4.79 Å². The lowest BCUT2D eigenvalue weighted by molar-refractivity contribution is 0.0721. The molecule has 0 fully saturated rings. The van der Waals surface area contributed by atoms with Crippen molar-refractivity contribution in [2.75, 3.05) is 0 Å². The Bertz CT molecular complexity index is 1370. The van der Waals surface area contributed by atoms with E-state index in [0.29, 0.717) is 18.8 Å². The van der Waals surface area contributed by atoms with Crippen LogP contribution in [0.25, 0.3) is 22.0 Å². The molecule has 0 unspecified atom stereocenters. The largest absolute Gasteiger partial charge is 0.340 e. The second-order valence-corrected chi connectivity index (χ2v) is 8.36. The van der Waals surface area contributed by atoms with Gasteiger partial charge in [-0.25, -0.2) is 0 Å². The van der Waals surface area contributed by atoms with Crippen LogP contribution in [0.2, 0.25) is 0 Å². The van der Waals surface area contributed by atoms with Crippen molar-refractivity contribution in [1.29, 1.82) is 0 Å². The summed E-state index contributed by atoms with van der Waals surface area (Å²) >= 11 is 0. The van der Waals surface area contributed by atoms with Gasteiger partial charge in [0.25, 0.3) is 5.91 Å². The monoisotopic (exact) mass is 430 g/mol. The maximum atomic E-state index is 13.7. The smallest absolute Gasteiger partial charge is 0.271 e. The lowest BCUT2D eigenvalue weighted by Crippen LogP contribution is -2.31. The molecule has 0 aliphatic heterocycles. The fourth-order valence-corrected chi connectivity index (χ4v) is 4.31. The van der Waals surface area contributed by atoms with Gasteiger partial charge in [0.1, 0.15) is 5.69 Å². The van der Waals surface area contributed by atoms with Crippen molar-refractivity contribution in [1.82, 2.24) is 9.47 Å². The van der Waals surface area contributed by atoms with E-state index < -0.39 is 0 Å². The first-order valence-corrected chi connectivity index (χ1v) is 11.2. The highest BCUT2D eigenvalue weighted by atomic mass is 16.2. The average Bonchev–Trinajstić information content (AvgIpc) is 3.21. The Balaban J connectivity index is 1.45. The van der Waals surface area contributed by atoms with E-state index in [1.807, 2.05) is 71.1 Å². The summed E-state index contributed by atoms with van der Waals surface area (Å²) in [5.74, 6) is 0.0321. The van der Waals surface area contributed by atoms with E-state index in [9.17, 15) is 4.79 Å². The van der Waals surface area contributed by atoms with Crippen LogP contribution in [0, 0.1) is 0 Å². The second-order valence-electron chi connectivity index (χ2n) is 8.36. The van der Waals surface area contributed by atoms with Gasteiger partial charge in [0.05, 0.1) is 0 Å². The number of rotatable bonds is 6. The fraction of sp³-hybridized carbons (Fsp3) is 0.100. The third-order valence-electron chi connectivity index (χ3n) is 6.11. The van der Waals surface area contributed by atoms with Crippen LogP contribution < -0.4 is 0 Å². The molecule has 0 spiro atoms. The molecule has 3 nitrogen and oxygen atoms in total. The number of para-hydroxylation sites is 1. The van der Waals surface area contributed by atoms with Gasteiger partial charge in [-0.15, -0.1) is 0 Å². The van der Waals surface area contributed by atoms with Gasteiger partial charge >= 0.3 is 0 Å². The van der Waals surface area contributed by atoms with Gasteiger partial charge in [-0.1, -0.05) is 103 Å². The SMILES string of the molecule is Cn1c(C(=O)N(Cc2ccccc2)Cc2ccc(-c3ccccc3)cc2)cc2ccccc21. The quantitative estimate of drug-likeness (QED) is 0.295. The molecule has 5 rings (SSSR count). The highest BCUT2D eigenvalue weighted by Crippen LogP contribution is 2.23. The molecule has 0 radical (unpaired) electrons. The Morgan fingerprint density at radius 3 is 1.88 bits per heavy atom. The Morgan fingerprint density at radius 2 is 1.21 bits per heavy atom. The van der Waals surface area contributed by atoms with E-state index in [-0.39, 0.29) is 5.91 Å². The molecule has 0 bridgehead atoms. The lowest BCUT2D eigenvalue weighted by Gasteiger charge is -2.23. The highest BCUT2D eigenvalue weighted by molar-refractivity contribution is 5.98. The topological polar surface area (TPSA) is 25.2 Å². The summed E-state index contributed by atoms with van der Waals surface area (Å²) in [6.45, 7) is 1.10. The Morgan fingerprint density at radius 1 is 0.667 bits per heavy atom. The number of carbonyl (C=O) groups is 1. The number of aryl methyl sites for hydroxylation is 1. The molecule has 0 N–H and O–H groups in total. The molecule has 0 atom stereocenters. The zero-order valence-electron chi connectivity index (χ0n) is 18.7. The number of hydrogen-bond acceptors (Lipinski definition) is 1. The van der Waals surface area contributed by atoms with E-state index in [1.165, 1.54) is 11.1 Å². The number of hydrogen-bond donors (Lipinski definition) is 0. The minimum atomic E-state index is 0.0321. The van der Waals surface area contributed by atoms with E-state index in [2.05, 4.69) is 60.7 Å². The van der Waals surface area contributed by atoms with Gasteiger partial charge in [0.2, 0.25) is 0 Å². The van der Waals surface area contributed by atoms with Gasteiger partial charge in [0, 0.05) is 31.0 Å². The van der Waals surface area contributed by atoms with Crippen LogP contribution >= 0.6 is 0 Å². The Labute approximate surface area is 194 Å². The van der Waals surface area contributed by atoms with Gasteiger partial charge in [0.15, 0.2) is 0 Å². The predicted molar refractivity (Wildman–Crippen MR) is 135 cm³/mol. The molecular formula is C30H26N2O. The van der Waals surface area contributed by atoms with Crippen molar-refractivity contribution in [3.8, 4) is 11.1 Å². The van der Waals surface area contributed by atoms with E-state index >= 15 is 0 Å². The summed E-state index contributed by atoms with van der Waals surface area (Å²) in [6, 6.07) is 39.1. The standard InChI is InChI=1S/C30H26N2O/c1-31-28-15-9-8-14-27(28)20-29(31)30(33)32(21-23-10-4-2-5-11-23)22-24-16-18-26(19-17-24)25-12-6-3-7-13-25/h2-20H,21-22H2,1H3. The fourth-order valence-electron chi connectivity index (χ4n) is 4.31. The minimum Gasteiger partial charge on any atom is -0.340 e. The van der Waals surface area contributed by atoms with Crippen molar-refractivity contribution < 1.29 is 4.79 Å². The first-order chi connectivity index (χ1) is 16.2. The molecule has 1 aromatic heterocycles. The predicted octanol–water partition coefficient (Wildman–Crippen LogP) is 6.69. The summed E-state index contributed by atoms with van der Waals surface area (Å²) in [7, 11) is 1.96. The molecule has 5 aromatic rings. The molecule has 0 aliphatic carbocycles. The number of aromatic nitrogens is 1. The molecule has 4 aromatic carbocycles. The van der Waals surface area contributed by atoms with Crippen molar-refractivity contribution >= 4 is 16.8 Å². The molecule has 33 heavy (non-hydrogen) atoms. The van der Waals surface area contributed by atoms with Crippen LogP contribution in [0.1, 0.15) is 21.6 Å². The van der Waals surface area contributed by atoms with E-state index in [0.717, 1.165) is 22.0 Å². The summed E-state index contributed by atoms with van der Waals surface area (Å²) < 4.78 is 1.99. The molecule has 162 valence electrons. The normalized spacial score (nSPS) is 10.9. The first kappa shape index (κ1) is 20.8. The van der Waals surface area contributed by atoms with Crippen molar-refractivity contribution in [3.63, 3.8) is 0 Å². The number of benzene rings is 4. The second kappa shape index (κ2) is 9.17. The van der Waals surface area contributed by atoms with Crippen LogP contribution in [0.15, 0.2) is 115 Å². The van der Waals surface area contributed by atoms with Crippen LogP contribution in [-0.4, -0.2) is 15.4 Å². The number of amides is 1. The van der Waals surface area contributed by atoms with Gasteiger partial charge in [-0.05, 0) is 34.4 Å². The molecule has 3 heteroatoms. The molecule has 0 aliphatic rings. The highest BCUT2D eigenvalue weighted by Gasteiger charge is 2.21. The Hall–Kier alpha value is -4.11. The molecule has 0 saturated carbocycles. The van der Waals surface area contributed by atoms with E-state index in [4.69, 9.17) is 0 Å². The lowest BCUT2D eigenvalue weighted by atomic mass is 10.0. The van der Waals surface area contributed by atoms with Crippen LogP contribution in [-0.2, 0) is 20.1 Å². The summed E-state index contributed by atoms with van der Waals surface area (Å²) in [6.07, 6.45) is 0. The summed E-state index contributed by atoms with van der Waals surface area (Å²) in [4.78, 5) is 15.7. The van der Waals surface area contributed by atoms with Crippen molar-refractivity contribution in [2.45, 2.75) is 13.1 Å². The van der Waals surface area contributed by atoms with E-state index in [1.54, 1.807) is 0 Å². The van der Waals surface area contributed by atoms with Crippen LogP contribution in [0.4, 0.5) is 0 Å². The average molecular weight is 431 g/mol. The third kappa shape index (κ3) is 4.44. The minimum absolute atomic E-state index is 0.0321. The van der Waals surface area contributed by atoms with Crippen LogP contribution in [0.5, 0.6) is 0 Å². The van der Waals surface area contributed by atoms with Crippen LogP contribution in [0.3, 0.4) is 0 Å². The zero-order valence-corrected chi connectivity index (χ0v) is 18.7. The van der Waals surface area contributed by atoms with Gasteiger partial charge in [-0.2, -0.15) is 0 Å².